The summed E-state index contributed by atoms with van der Waals surface area (Å²) in [6.45, 7) is 0.284. The molecule has 2 aromatic carbocycles. The fourth-order valence-corrected chi connectivity index (χ4v) is 2.96. The SMILES string of the molecule is O=C1[C@H]2N=NN(Cc3ccc(F)cc3)[C@@H]2C(=O)N1c1ccccc1. The van der Waals surface area contributed by atoms with Crippen LogP contribution in [0.25, 0.3) is 0 Å². The molecule has 2 aliphatic heterocycles. The number of carbonyl (C=O) groups excluding carboxylic acids is 2. The summed E-state index contributed by atoms with van der Waals surface area (Å²) in [5.74, 6) is -1.05. The van der Waals surface area contributed by atoms with E-state index in [2.05, 4.69) is 10.3 Å². The minimum absolute atomic E-state index is 0.284. The van der Waals surface area contributed by atoms with Gasteiger partial charge in [-0.2, -0.15) is 5.11 Å². The molecule has 0 aliphatic carbocycles. The minimum Gasteiger partial charge on any atom is -0.271 e. The molecular weight excluding hydrogens is 311 g/mol. The Morgan fingerprint density at radius 1 is 0.958 bits per heavy atom. The van der Waals surface area contributed by atoms with Crippen molar-refractivity contribution in [2.75, 3.05) is 4.90 Å². The van der Waals surface area contributed by atoms with Crippen molar-refractivity contribution >= 4 is 17.5 Å². The molecule has 7 heteroatoms. The summed E-state index contributed by atoms with van der Waals surface area (Å²) in [5, 5.41) is 9.42. The summed E-state index contributed by atoms with van der Waals surface area (Å²) < 4.78 is 13.0. The molecular formula is C17H13FN4O2. The molecule has 2 amide bonds. The van der Waals surface area contributed by atoms with Gasteiger partial charge >= 0.3 is 0 Å². The zero-order valence-electron chi connectivity index (χ0n) is 12.5. The highest BCUT2D eigenvalue weighted by molar-refractivity contribution is 6.25. The van der Waals surface area contributed by atoms with E-state index in [1.165, 1.54) is 17.1 Å². The Morgan fingerprint density at radius 3 is 2.38 bits per heavy atom. The van der Waals surface area contributed by atoms with Gasteiger partial charge in [-0.15, -0.1) is 0 Å². The molecule has 0 N–H and O–H groups in total. The first-order valence-electron chi connectivity index (χ1n) is 7.50. The van der Waals surface area contributed by atoms with Crippen molar-refractivity contribution in [3.63, 3.8) is 0 Å². The first kappa shape index (κ1) is 14.5. The van der Waals surface area contributed by atoms with Gasteiger partial charge in [0.1, 0.15) is 5.82 Å². The number of rotatable bonds is 3. The predicted octanol–water partition coefficient (Wildman–Crippen LogP) is 2.32. The minimum atomic E-state index is -0.821. The third kappa shape index (κ3) is 2.25. The zero-order chi connectivity index (χ0) is 16.7. The summed E-state index contributed by atoms with van der Waals surface area (Å²) >= 11 is 0. The van der Waals surface area contributed by atoms with Crippen LogP contribution >= 0.6 is 0 Å². The Morgan fingerprint density at radius 2 is 1.67 bits per heavy atom. The highest BCUT2D eigenvalue weighted by Crippen LogP contribution is 2.32. The number of anilines is 1. The molecule has 0 radical (unpaired) electrons. The van der Waals surface area contributed by atoms with Crippen molar-refractivity contribution in [3.05, 3.63) is 66.0 Å². The van der Waals surface area contributed by atoms with Crippen molar-refractivity contribution in [2.24, 2.45) is 10.3 Å². The number of imide groups is 1. The second-order valence-electron chi connectivity index (χ2n) is 5.67. The topological polar surface area (TPSA) is 65.3 Å². The van der Waals surface area contributed by atoms with Gasteiger partial charge in [-0.25, -0.2) is 9.29 Å². The van der Waals surface area contributed by atoms with Gasteiger partial charge in [0, 0.05) is 0 Å². The second-order valence-corrected chi connectivity index (χ2v) is 5.67. The van der Waals surface area contributed by atoms with E-state index in [1.54, 1.807) is 36.4 Å². The third-order valence-corrected chi connectivity index (χ3v) is 4.13. The van der Waals surface area contributed by atoms with E-state index in [4.69, 9.17) is 0 Å². The average Bonchev–Trinajstić information content (AvgIpc) is 3.11. The second kappa shape index (κ2) is 5.52. The van der Waals surface area contributed by atoms with E-state index in [0.717, 1.165) is 10.5 Å². The number of nitrogens with zero attached hydrogens (tertiary/aromatic N) is 4. The number of para-hydroxylation sites is 1. The van der Waals surface area contributed by atoms with Gasteiger partial charge in [-0.3, -0.25) is 14.6 Å². The van der Waals surface area contributed by atoms with Crippen LogP contribution in [0.3, 0.4) is 0 Å². The molecule has 1 saturated heterocycles. The standard InChI is InChI=1S/C17H13FN4O2/c18-12-8-6-11(7-9-12)10-21-15-14(19-20-21)16(23)22(17(15)24)13-4-2-1-3-5-13/h1-9,14-15H,10H2/t14-,15-/m0/s1. The van der Waals surface area contributed by atoms with Crippen LogP contribution in [0.4, 0.5) is 10.1 Å². The Bertz CT molecular complexity index is 822. The number of hydrogen-bond acceptors (Lipinski definition) is 5. The number of halogens is 1. The Balaban J connectivity index is 1.59. The van der Waals surface area contributed by atoms with E-state index < -0.39 is 12.1 Å². The predicted molar refractivity (Wildman–Crippen MR) is 83.3 cm³/mol. The van der Waals surface area contributed by atoms with E-state index in [1.807, 2.05) is 6.07 Å². The molecule has 2 heterocycles. The lowest BCUT2D eigenvalue weighted by atomic mass is 10.1. The van der Waals surface area contributed by atoms with Gasteiger partial charge in [-0.1, -0.05) is 35.6 Å². The fourth-order valence-electron chi connectivity index (χ4n) is 2.96. The largest absolute Gasteiger partial charge is 0.271 e. The van der Waals surface area contributed by atoms with Crippen LogP contribution < -0.4 is 4.90 Å². The lowest BCUT2D eigenvalue weighted by Gasteiger charge is -2.20. The summed E-state index contributed by atoms with van der Waals surface area (Å²) in [6.07, 6.45) is 0. The number of benzene rings is 2. The van der Waals surface area contributed by atoms with Gasteiger partial charge in [-0.05, 0) is 29.8 Å². The highest BCUT2D eigenvalue weighted by atomic mass is 19.1. The maximum atomic E-state index is 13.0. The highest BCUT2D eigenvalue weighted by Gasteiger charge is 2.54. The molecule has 24 heavy (non-hydrogen) atoms. The van der Waals surface area contributed by atoms with Crippen LogP contribution in [0, 0.1) is 5.82 Å². The quantitative estimate of drug-likeness (QED) is 0.814. The van der Waals surface area contributed by atoms with E-state index >= 15 is 0 Å². The smallest absolute Gasteiger partial charge is 0.263 e. The Kier molecular flexibility index (Phi) is 3.34. The molecule has 2 atom stereocenters. The van der Waals surface area contributed by atoms with Gasteiger partial charge in [0.05, 0.1) is 12.2 Å². The first-order valence-corrected chi connectivity index (χ1v) is 7.50. The normalized spacial score (nSPS) is 22.4. The molecule has 0 bridgehead atoms. The van der Waals surface area contributed by atoms with Gasteiger partial charge in [0.15, 0.2) is 12.1 Å². The maximum absolute atomic E-state index is 13.0. The van der Waals surface area contributed by atoms with E-state index in [9.17, 15) is 14.0 Å². The number of fused-ring (bicyclic) bond motifs is 1. The van der Waals surface area contributed by atoms with Crippen molar-refractivity contribution < 1.29 is 14.0 Å². The van der Waals surface area contributed by atoms with Crippen molar-refractivity contribution in [2.45, 2.75) is 18.6 Å². The van der Waals surface area contributed by atoms with Crippen molar-refractivity contribution in [1.82, 2.24) is 5.01 Å². The molecule has 0 aromatic heterocycles. The molecule has 2 aromatic rings. The maximum Gasteiger partial charge on any atom is 0.263 e. The zero-order valence-corrected chi connectivity index (χ0v) is 12.5. The summed E-state index contributed by atoms with van der Waals surface area (Å²) in [6, 6.07) is 13.1. The Hall–Kier alpha value is -3.09. The molecule has 0 saturated carbocycles. The number of hydrogen-bond donors (Lipinski definition) is 0. The van der Waals surface area contributed by atoms with Crippen LogP contribution in [-0.2, 0) is 16.1 Å². The molecule has 0 spiro atoms. The molecule has 2 aliphatic rings. The van der Waals surface area contributed by atoms with Crippen LogP contribution in [0.5, 0.6) is 0 Å². The van der Waals surface area contributed by atoms with E-state index in [0.29, 0.717) is 5.69 Å². The van der Waals surface area contributed by atoms with Gasteiger partial charge < -0.3 is 0 Å². The van der Waals surface area contributed by atoms with Crippen molar-refractivity contribution in [1.29, 1.82) is 0 Å². The first-order chi connectivity index (χ1) is 11.6. The lowest BCUT2D eigenvalue weighted by Crippen LogP contribution is -2.39. The van der Waals surface area contributed by atoms with Crippen molar-refractivity contribution in [3.8, 4) is 0 Å². The summed E-state index contributed by atoms with van der Waals surface area (Å²) in [7, 11) is 0. The lowest BCUT2D eigenvalue weighted by molar-refractivity contribution is -0.123. The van der Waals surface area contributed by atoms with Crippen LogP contribution in [0.2, 0.25) is 0 Å². The van der Waals surface area contributed by atoms with Gasteiger partial charge in [0.25, 0.3) is 11.8 Å². The molecule has 120 valence electrons. The van der Waals surface area contributed by atoms with Crippen LogP contribution in [0.15, 0.2) is 64.9 Å². The Labute approximate surface area is 137 Å². The monoisotopic (exact) mass is 324 g/mol. The molecule has 1 fully saturated rings. The fraction of sp³-hybridized carbons (Fsp3) is 0.176. The molecule has 4 rings (SSSR count). The van der Waals surface area contributed by atoms with Crippen LogP contribution in [-0.4, -0.2) is 28.9 Å². The van der Waals surface area contributed by atoms with E-state index in [-0.39, 0.29) is 24.2 Å². The molecule has 6 nitrogen and oxygen atoms in total. The summed E-state index contributed by atoms with van der Waals surface area (Å²) in [4.78, 5) is 26.4. The third-order valence-electron chi connectivity index (χ3n) is 4.13. The van der Waals surface area contributed by atoms with Gasteiger partial charge in [0.2, 0.25) is 0 Å². The van der Waals surface area contributed by atoms with Crippen LogP contribution in [0.1, 0.15) is 5.56 Å². The average molecular weight is 324 g/mol. The number of amides is 2. The number of carbonyl (C=O) groups is 2. The molecule has 0 unspecified atom stereocenters. The summed E-state index contributed by atoms with van der Waals surface area (Å²) in [5.41, 5.74) is 1.31.